The Kier molecular flexibility index (Phi) is 6.71. The highest BCUT2D eigenvalue weighted by Crippen LogP contribution is 2.21. The summed E-state index contributed by atoms with van der Waals surface area (Å²) < 4.78 is 27.5. The van der Waals surface area contributed by atoms with E-state index in [0.717, 1.165) is 6.26 Å². The van der Waals surface area contributed by atoms with Crippen molar-refractivity contribution >= 4 is 28.0 Å². The number of nitrogens with zero attached hydrogens (tertiary/aromatic N) is 4. The highest BCUT2D eigenvalue weighted by Gasteiger charge is 2.25. The standard InChI is InChI=1S/C15H24N6O3S/c1-4-8-16-13-18-14(17-9-5-2)20-15(19-13)21-10-6-12(7-11-21)24-25(3,22)23/h4-5,12H,1-2,6-11H2,3H3,(H2,16,17,18,19,20). The van der Waals surface area contributed by atoms with E-state index in [1.807, 2.05) is 4.90 Å². The molecule has 0 radical (unpaired) electrons. The molecule has 0 amide bonds. The van der Waals surface area contributed by atoms with Gasteiger partial charge in [0.05, 0.1) is 12.4 Å². The summed E-state index contributed by atoms with van der Waals surface area (Å²) in [4.78, 5) is 15.1. The Morgan fingerprint density at radius 2 is 1.64 bits per heavy atom. The van der Waals surface area contributed by atoms with Crippen LogP contribution in [-0.4, -0.2) is 61.9 Å². The Balaban J connectivity index is 2.09. The molecule has 2 N–H and O–H groups in total. The van der Waals surface area contributed by atoms with E-state index in [-0.39, 0.29) is 6.10 Å². The minimum absolute atomic E-state index is 0.301. The summed E-state index contributed by atoms with van der Waals surface area (Å²) >= 11 is 0. The zero-order valence-electron chi connectivity index (χ0n) is 14.3. The van der Waals surface area contributed by atoms with Crippen LogP contribution in [0, 0.1) is 0 Å². The molecule has 1 saturated heterocycles. The zero-order chi connectivity index (χ0) is 18.3. The molecule has 25 heavy (non-hydrogen) atoms. The number of hydrogen-bond donors (Lipinski definition) is 2. The fraction of sp³-hybridized carbons (Fsp3) is 0.533. The van der Waals surface area contributed by atoms with Gasteiger partial charge in [0.15, 0.2) is 0 Å². The van der Waals surface area contributed by atoms with Crippen molar-refractivity contribution in [3.63, 3.8) is 0 Å². The summed E-state index contributed by atoms with van der Waals surface area (Å²) in [5.74, 6) is 1.43. The Bertz CT molecular complexity index is 671. The van der Waals surface area contributed by atoms with Gasteiger partial charge in [0.25, 0.3) is 10.1 Å². The molecular formula is C15H24N6O3S. The first-order valence-corrected chi connectivity index (χ1v) is 9.81. The van der Waals surface area contributed by atoms with E-state index in [4.69, 9.17) is 4.18 Å². The monoisotopic (exact) mass is 368 g/mol. The predicted octanol–water partition coefficient (Wildman–Crippen LogP) is 1.01. The summed E-state index contributed by atoms with van der Waals surface area (Å²) in [5.41, 5.74) is 0. The Morgan fingerprint density at radius 1 is 1.12 bits per heavy atom. The third kappa shape index (κ3) is 6.31. The van der Waals surface area contributed by atoms with Gasteiger partial charge in [-0.3, -0.25) is 4.18 Å². The molecule has 2 rings (SSSR count). The van der Waals surface area contributed by atoms with Crippen LogP contribution in [0.2, 0.25) is 0 Å². The van der Waals surface area contributed by atoms with Gasteiger partial charge >= 0.3 is 0 Å². The fourth-order valence-electron chi connectivity index (χ4n) is 2.39. The molecule has 138 valence electrons. The van der Waals surface area contributed by atoms with Crippen molar-refractivity contribution in [2.45, 2.75) is 18.9 Å². The van der Waals surface area contributed by atoms with Gasteiger partial charge < -0.3 is 15.5 Å². The van der Waals surface area contributed by atoms with Crippen LogP contribution in [0.3, 0.4) is 0 Å². The molecule has 0 aromatic carbocycles. The fourth-order valence-corrected chi connectivity index (χ4v) is 3.08. The van der Waals surface area contributed by atoms with E-state index in [2.05, 4.69) is 38.7 Å². The van der Waals surface area contributed by atoms with Crippen molar-refractivity contribution in [1.82, 2.24) is 15.0 Å². The van der Waals surface area contributed by atoms with E-state index in [9.17, 15) is 8.42 Å². The van der Waals surface area contributed by atoms with Gasteiger partial charge in [0.1, 0.15) is 0 Å². The van der Waals surface area contributed by atoms with E-state index in [1.54, 1.807) is 12.2 Å². The molecular weight excluding hydrogens is 344 g/mol. The number of hydrogen-bond acceptors (Lipinski definition) is 9. The molecule has 1 aromatic rings. The molecule has 9 nitrogen and oxygen atoms in total. The first-order valence-electron chi connectivity index (χ1n) is 8.00. The van der Waals surface area contributed by atoms with Gasteiger partial charge in [-0.15, -0.1) is 13.2 Å². The zero-order valence-corrected chi connectivity index (χ0v) is 15.1. The number of nitrogens with one attached hydrogen (secondary N) is 2. The number of piperidine rings is 1. The van der Waals surface area contributed by atoms with Gasteiger partial charge in [-0.05, 0) is 12.8 Å². The van der Waals surface area contributed by atoms with E-state index in [0.29, 0.717) is 56.9 Å². The summed E-state index contributed by atoms with van der Waals surface area (Å²) in [6, 6.07) is 0. The van der Waals surface area contributed by atoms with E-state index in [1.165, 1.54) is 0 Å². The van der Waals surface area contributed by atoms with Crippen molar-refractivity contribution in [1.29, 1.82) is 0 Å². The maximum absolute atomic E-state index is 11.2. The topological polar surface area (TPSA) is 109 Å². The van der Waals surface area contributed by atoms with Crippen LogP contribution in [0.4, 0.5) is 17.8 Å². The van der Waals surface area contributed by atoms with Crippen LogP contribution < -0.4 is 15.5 Å². The molecule has 0 saturated carbocycles. The highest BCUT2D eigenvalue weighted by atomic mass is 32.2. The molecule has 1 aliphatic rings. The number of rotatable bonds is 9. The van der Waals surface area contributed by atoms with Gasteiger partial charge in [0, 0.05) is 26.2 Å². The third-order valence-electron chi connectivity index (χ3n) is 3.47. The highest BCUT2D eigenvalue weighted by molar-refractivity contribution is 7.86. The SMILES string of the molecule is C=CCNc1nc(NCC=C)nc(N2CCC(OS(C)(=O)=O)CC2)n1. The first-order chi connectivity index (χ1) is 11.9. The summed E-state index contributed by atoms with van der Waals surface area (Å²) in [5, 5.41) is 6.11. The first kappa shape index (κ1) is 19.1. The lowest BCUT2D eigenvalue weighted by atomic mass is 10.1. The molecule has 1 aliphatic heterocycles. The van der Waals surface area contributed by atoms with E-state index < -0.39 is 10.1 Å². The second-order valence-corrected chi connectivity index (χ2v) is 7.21. The van der Waals surface area contributed by atoms with Gasteiger partial charge in [-0.1, -0.05) is 12.2 Å². The second-order valence-electron chi connectivity index (χ2n) is 5.61. The molecule has 0 unspecified atom stereocenters. The van der Waals surface area contributed by atoms with Crippen LogP contribution in [-0.2, 0) is 14.3 Å². The molecule has 1 aromatic heterocycles. The number of anilines is 3. The molecule has 2 heterocycles. The van der Waals surface area contributed by atoms with Crippen molar-refractivity contribution in [3.05, 3.63) is 25.3 Å². The quantitative estimate of drug-likeness (QED) is 0.487. The summed E-state index contributed by atoms with van der Waals surface area (Å²) in [6.45, 7) is 9.60. The largest absolute Gasteiger partial charge is 0.351 e. The van der Waals surface area contributed by atoms with Gasteiger partial charge in [-0.25, -0.2) is 0 Å². The lowest BCUT2D eigenvalue weighted by Gasteiger charge is -2.31. The van der Waals surface area contributed by atoms with Gasteiger partial charge in [-0.2, -0.15) is 23.4 Å². The van der Waals surface area contributed by atoms with Crippen molar-refractivity contribution < 1.29 is 12.6 Å². The predicted molar refractivity (Wildman–Crippen MR) is 98.4 cm³/mol. The maximum atomic E-state index is 11.2. The molecule has 1 fully saturated rings. The molecule has 0 aliphatic carbocycles. The van der Waals surface area contributed by atoms with Crippen LogP contribution in [0.25, 0.3) is 0 Å². The smallest absolute Gasteiger partial charge is 0.264 e. The molecule has 0 spiro atoms. The van der Waals surface area contributed by atoms with Crippen molar-refractivity contribution in [3.8, 4) is 0 Å². The Morgan fingerprint density at radius 3 is 2.08 bits per heavy atom. The second kappa shape index (κ2) is 8.77. The summed E-state index contributed by atoms with van der Waals surface area (Å²) in [6.07, 6.45) is 5.38. The van der Waals surface area contributed by atoms with Crippen molar-refractivity contribution in [2.75, 3.05) is 48.0 Å². The Labute approximate surface area is 148 Å². The lowest BCUT2D eigenvalue weighted by Crippen LogP contribution is -2.39. The Hall–Kier alpha value is -2.20. The van der Waals surface area contributed by atoms with Crippen LogP contribution in [0.15, 0.2) is 25.3 Å². The van der Waals surface area contributed by atoms with Crippen LogP contribution >= 0.6 is 0 Å². The van der Waals surface area contributed by atoms with Crippen LogP contribution in [0.5, 0.6) is 0 Å². The molecule has 10 heteroatoms. The normalized spacial score (nSPS) is 15.6. The minimum atomic E-state index is -3.44. The average Bonchev–Trinajstić information content (AvgIpc) is 2.57. The average molecular weight is 368 g/mol. The van der Waals surface area contributed by atoms with E-state index >= 15 is 0 Å². The third-order valence-corrected chi connectivity index (χ3v) is 4.09. The molecule has 0 atom stereocenters. The maximum Gasteiger partial charge on any atom is 0.264 e. The number of aromatic nitrogens is 3. The van der Waals surface area contributed by atoms with Crippen LogP contribution in [0.1, 0.15) is 12.8 Å². The summed E-state index contributed by atoms with van der Waals surface area (Å²) in [7, 11) is -3.44. The lowest BCUT2D eigenvalue weighted by molar-refractivity contribution is 0.179. The van der Waals surface area contributed by atoms with Gasteiger partial charge in [0.2, 0.25) is 17.8 Å². The molecule has 0 bridgehead atoms. The minimum Gasteiger partial charge on any atom is -0.351 e. The van der Waals surface area contributed by atoms with Crippen molar-refractivity contribution in [2.24, 2.45) is 0 Å².